The van der Waals surface area contributed by atoms with E-state index in [2.05, 4.69) is 5.32 Å². The van der Waals surface area contributed by atoms with Gasteiger partial charge in [-0.3, -0.25) is 4.79 Å². The molecule has 3 rings (SSSR count). The Balaban J connectivity index is 1.75. The van der Waals surface area contributed by atoms with E-state index >= 15 is 0 Å². The third-order valence-corrected chi connectivity index (χ3v) is 3.50. The average molecular weight is 321 g/mol. The Hall–Kier alpha value is -3.14. The quantitative estimate of drug-likeness (QED) is 0.742. The summed E-state index contributed by atoms with van der Waals surface area (Å²) in [6, 6.07) is 22.5. The molecule has 3 nitrogen and oxygen atoms in total. The molecule has 3 aromatic rings. The van der Waals surface area contributed by atoms with Gasteiger partial charge in [-0.15, -0.1) is 0 Å². The van der Waals surface area contributed by atoms with Gasteiger partial charge in [0, 0.05) is 11.3 Å². The highest BCUT2D eigenvalue weighted by atomic mass is 19.1. The number of para-hydroxylation sites is 2. The number of benzene rings is 3. The number of carbonyl (C=O) groups excluding carboxylic acids is 1. The molecule has 0 heterocycles. The van der Waals surface area contributed by atoms with Crippen molar-refractivity contribution in [1.82, 2.24) is 0 Å². The molecule has 0 atom stereocenters. The van der Waals surface area contributed by atoms with E-state index in [0.29, 0.717) is 22.6 Å². The Bertz CT molecular complexity index is 834. The number of anilines is 1. The number of hydrogen-bond donors (Lipinski definition) is 1. The Morgan fingerprint density at radius 1 is 0.875 bits per heavy atom. The molecular weight excluding hydrogens is 305 g/mol. The number of carbonyl (C=O) groups is 1. The first-order chi connectivity index (χ1) is 11.7. The SMILES string of the molecule is O=C(Nc1ccccc1)c1ccccc1OCc1ccccc1F. The Kier molecular flexibility index (Phi) is 4.87. The van der Waals surface area contributed by atoms with E-state index in [1.165, 1.54) is 6.07 Å². The second-order valence-electron chi connectivity index (χ2n) is 5.20. The fourth-order valence-electron chi connectivity index (χ4n) is 2.27. The molecule has 0 aliphatic heterocycles. The van der Waals surface area contributed by atoms with Crippen LogP contribution in [0.25, 0.3) is 0 Å². The molecule has 4 heteroatoms. The molecule has 0 aromatic heterocycles. The highest BCUT2D eigenvalue weighted by Gasteiger charge is 2.13. The second kappa shape index (κ2) is 7.42. The molecule has 0 fully saturated rings. The zero-order valence-electron chi connectivity index (χ0n) is 12.9. The van der Waals surface area contributed by atoms with Crippen LogP contribution in [0.5, 0.6) is 5.75 Å². The van der Waals surface area contributed by atoms with Gasteiger partial charge in [0.2, 0.25) is 0 Å². The van der Waals surface area contributed by atoms with Crippen molar-refractivity contribution in [2.75, 3.05) is 5.32 Å². The number of rotatable bonds is 5. The summed E-state index contributed by atoms with van der Waals surface area (Å²) < 4.78 is 19.3. The molecule has 0 saturated carbocycles. The first-order valence-corrected chi connectivity index (χ1v) is 7.55. The fraction of sp³-hybridized carbons (Fsp3) is 0.0500. The van der Waals surface area contributed by atoms with Gasteiger partial charge in [-0.05, 0) is 30.3 Å². The molecule has 24 heavy (non-hydrogen) atoms. The maximum absolute atomic E-state index is 13.7. The van der Waals surface area contributed by atoms with Crippen LogP contribution in [-0.4, -0.2) is 5.91 Å². The summed E-state index contributed by atoms with van der Waals surface area (Å²) in [6.07, 6.45) is 0. The van der Waals surface area contributed by atoms with Gasteiger partial charge in [0.25, 0.3) is 5.91 Å². The highest BCUT2D eigenvalue weighted by molar-refractivity contribution is 6.06. The van der Waals surface area contributed by atoms with Crippen LogP contribution in [-0.2, 0) is 6.61 Å². The van der Waals surface area contributed by atoms with Gasteiger partial charge in [0.15, 0.2) is 0 Å². The van der Waals surface area contributed by atoms with Crippen molar-refractivity contribution in [1.29, 1.82) is 0 Å². The number of ether oxygens (including phenoxy) is 1. The van der Waals surface area contributed by atoms with Crippen LogP contribution in [0.1, 0.15) is 15.9 Å². The number of hydrogen-bond acceptors (Lipinski definition) is 2. The lowest BCUT2D eigenvalue weighted by Gasteiger charge is -2.12. The molecular formula is C20H16FNO2. The van der Waals surface area contributed by atoms with Crippen molar-refractivity contribution in [3.63, 3.8) is 0 Å². The topological polar surface area (TPSA) is 38.3 Å². The third kappa shape index (κ3) is 3.79. The maximum Gasteiger partial charge on any atom is 0.259 e. The van der Waals surface area contributed by atoms with Crippen molar-refractivity contribution in [2.45, 2.75) is 6.61 Å². The minimum Gasteiger partial charge on any atom is -0.488 e. The van der Waals surface area contributed by atoms with Crippen LogP contribution < -0.4 is 10.1 Å². The highest BCUT2D eigenvalue weighted by Crippen LogP contribution is 2.21. The van der Waals surface area contributed by atoms with Crippen molar-refractivity contribution in [3.05, 3.63) is 95.8 Å². The number of halogens is 1. The van der Waals surface area contributed by atoms with Gasteiger partial charge in [0.05, 0.1) is 5.56 Å². The van der Waals surface area contributed by atoms with E-state index in [0.717, 1.165) is 0 Å². The standard InChI is InChI=1S/C20H16FNO2/c21-18-12-6-4-8-15(18)14-24-19-13-7-5-11-17(19)20(23)22-16-9-2-1-3-10-16/h1-13H,14H2,(H,22,23). The van der Waals surface area contributed by atoms with Crippen LogP contribution in [0.15, 0.2) is 78.9 Å². The summed E-state index contributed by atoms with van der Waals surface area (Å²) >= 11 is 0. The Morgan fingerprint density at radius 2 is 1.54 bits per heavy atom. The van der Waals surface area contributed by atoms with Crippen LogP contribution in [0.3, 0.4) is 0 Å². The Morgan fingerprint density at radius 3 is 2.33 bits per heavy atom. The van der Waals surface area contributed by atoms with Crippen molar-refractivity contribution in [3.8, 4) is 5.75 Å². The molecule has 0 saturated heterocycles. The number of nitrogens with one attached hydrogen (secondary N) is 1. The van der Waals surface area contributed by atoms with Crippen LogP contribution in [0.2, 0.25) is 0 Å². The summed E-state index contributed by atoms with van der Waals surface area (Å²) in [6.45, 7) is 0.0578. The third-order valence-electron chi connectivity index (χ3n) is 3.50. The minimum atomic E-state index is -0.330. The van der Waals surface area contributed by atoms with Gasteiger partial charge in [-0.1, -0.05) is 48.5 Å². The summed E-state index contributed by atoms with van der Waals surface area (Å²) in [5.41, 5.74) is 1.54. The van der Waals surface area contributed by atoms with Gasteiger partial charge >= 0.3 is 0 Å². The fourth-order valence-corrected chi connectivity index (χ4v) is 2.27. The Labute approximate surface area is 139 Å². The molecule has 3 aromatic carbocycles. The zero-order valence-corrected chi connectivity index (χ0v) is 12.9. The molecule has 0 radical (unpaired) electrons. The van der Waals surface area contributed by atoms with E-state index in [1.54, 1.807) is 54.6 Å². The largest absolute Gasteiger partial charge is 0.488 e. The van der Waals surface area contributed by atoms with Gasteiger partial charge < -0.3 is 10.1 Å². The summed E-state index contributed by atoms with van der Waals surface area (Å²) in [5, 5.41) is 2.82. The summed E-state index contributed by atoms with van der Waals surface area (Å²) in [5.74, 6) is -0.191. The molecule has 0 aliphatic rings. The second-order valence-corrected chi connectivity index (χ2v) is 5.20. The van der Waals surface area contributed by atoms with E-state index in [1.807, 2.05) is 18.2 Å². The summed E-state index contributed by atoms with van der Waals surface area (Å²) in [4.78, 5) is 12.4. The normalized spacial score (nSPS) is 10.2. The first kappa shape index (κ1) is 15.7. The average Bonchev–Trinajstić information content (AvgIpc) is 2.62. The molecule has 0 spiro atoms. The van der Waals surface area contributed by atoms with Crippen molar-refractivity contribution >= 4 is 11.6 Å². The van der Waals surface area contributed by atoms with Gasteiger partial charge in [-0.25, -0.2) is 4.39 Å². The number of amides is 1. The maximum atomic E-state index is 13.7. The molecule has 1 amide bonds. The van der Waals surface area contributed by atoms with Gasteiger partial charge in [-0.2, -0.15) is 0 Å². The lowest BCUT2D eigenvalue weighted by Crippen LogP contribution is -2.13. The summed E-state index contributed by atoms with van der Waals surface area (Å²) in [7, 11) is 0. The zero-order chi connectivity index (χ0) is 16.8. The molecule has 0 unspecified atom stereocenters. The molecule has 1 N–H and O–H groups in total. The lowest BCUT2D eigenvalue weighted by atomic mass is 10.1. The minimum absolute atomic E-state index is 0.0578. The predicted octanol–water partition coefficient (Wildman–Crippen LogP) is 4.66. The van der Waals surface area contributed by atoms with Crippen LogP contribution >= 0.6 is 0 Å². The van der Waals surface area contributed by atoms with E-state index in [4.69, 9.17) is 4.74 Å². The predicted molar refractivity (Wildman–Crippen MR) is 91.6 cm³/mol. The van der Waals surface area contributed by atoms with Crippen molar-refractivity contribution in [2.24, 2.45) is 0 Å². The molecule has 120 valence electrons. The first-order valence-electron chi connectivity index (χ1n) is 7.55. The molecule has 0 bridgehead atoms. The van der Waals surface area contributed by atoms with E-state index < -0.39 is 0 Å². The van der Waals surface area contributed by atoms with E-state index in [9.17, 15) is 9.18 Å². The smallest absolute Gasteiger partial charge is 0.259 e. The van der Waals surface area contributed by atoms with Gasteiger partial charge in [0.1, 0.15) is 18.2 Å². The molecule has 0 aliphatic carbocycles. The van der Waals surface area contributed by atoms with Crippen LogP contribution in [0, 0.1) is 5.82 Å². The lowest BCUT2D eigenvalue weighted by molar-refractivity contribution is 0.102. The van der Waals surface area contributed by atoms with Crippen molar-refractivity contribution < 1.29 is 13.9 Å². The van der Waals surface area contributed by atoms with E-state index in [-0.39, 0.29) is 18.3 Å². The van der Waals surface area contributed by atoms with Crippen LogP contribution in [0.4, 0.5) is 10.1 Å². The monoisotopic (exact) mass is 321 g/mol.